The Morgan fingerprint density at radius 2 is 0.825 bits per heavy atom. The summed E-state index contributed by atoms with van der Waals surface area (Å²) >= 11 is 3.90. The molecule has 0 aromatic heterocycles. The monoisotopic (exact) mass is 622 g/mol. The highest BCUT2D eigenvalue weighted by Gasteiger charge is 2.57. The Labute approximate surface area is 252 Å². The lowest BCUT2D eigenvalue weighted by molar-refractivity contribution is 0.386. The zero-order valence-electron chi connectivity index (χ0n) is 24.4. The average molecular weight is 624 g/mol. The summed E-state index contributed by atoms with van der Waals surface area (Å²) < 4.78 is 25.4. The van der Waals surface area contributed by atoms with E-state index in [9.17, 15) is 9.13 Å². The molecule has 0 saturated carbocycles. The van der Waals surface area contributed by atoms with Crippen molar-refractivity contribution in [1.82, 2.24) is 0 Å². The van der Waals surface area contributed by atoms with Crippen molar-refractivity contribution in [3.05, 3.63) is 108 Å². The summed E-state index contributed by atoms with van der Waals surface area (Å²) in [6.45, 7) is 2.28. The van der Waals surface area contributed by atoms with Crippen LogP contribution in [0.2, 0.25) is 0 Å². The molecule has 0 aliphatic heterocycles. The van der Waals surface area contributed by atoms with E-state index in [4.69, 9.17) is 0 Å². The fraction of sp³-hybridized carbons (Fsp3) is 0.500. The minimum Gasteiger partial charge on any atom is -0.235 e. The molecule has 0 bridgehead atoms. The van der Waals surface area contributed by atoms with Gasteiger partial charge in [0.2, 0.25) is 0 Å². The van der Waals surface area contributed by atoms with Gasteiger partial charge in [-0.2, -0.15) is 0 Å². The van der Waals surface area contributed by atoms with E-state index < -0.39 is 17.2 Å². The molecule has 216 valence electrons. The molecular formula is C36H48BrO2P. The molecule has 1 unspecified atom stereocenters. The van der Waals surface area contributed by atoms with Crippen LogP contribution >= 0.6 is 23.6 Å². The van der Waals surface area contributed by atoms with Crippen LogP contribution in [0, 0.1) is 0 Å². The molecule has 40 heavy (non-hydrogen) atoms. The first-order chi connectivity index (χ1) is 19.6. The summed E-state index contributed by atoms with van der Waals surface area (Å²) in [6.07, 6.45) is 18.9. The normalized spacial score (nSPS) is 13.2. The van der Waals surface area contributed by atoms with E-state index in [0.717, 1.165) is 36.0 Å². The van der Waals surface area contributed by atoms with Gasteiger partial charge in [-0.05, 0) is 23.1 Å². The minimum absolute atomic E-state index is 0.739. The molecule has 3 aromatic rings. The predicted molar refractivity (Wildman–Crippen MR) is 174 cm³/mol. The van der Waals surface area contributed by atoms with Crippen LogP contribution in [0.25, 0.3) is 0 Å². The molecule has 0 aliphatic rings. The first kappa shape index (κ1) is 32.6. The number of rotatable bonds is 20. The Balaban J connectivity index is 1.69. The molecular weight excluding hydrogens is 575 g/mol. The van der Waals surface area contributed by atoms with Gasteiger partial charge in [0.05, 0.1) is 5.41 Å². The van der Waals surface area contributed by atoms with E-state index in [1.54, 1.807) is 0 Å². The van der Waals surface area contributed by atoms with Crippen molar-refractivity contribution in [3.8, 4) is 0 Å². The Morgan fingerprint density at radius 1 is 0.500 bits per heavy atom. The molecule has 3 aromatic carbocycles. The Morgan fingerprint density at radius 3 is 1.18 bits per heavy atom. The van der Waals surface area contributed by atoms with Crippen molar-refractivity contribution < 1.29 is 9.13 Å². The van der Waals surface area contributed by atoms with Crippen molar-refractivity contribution >= 4 is 23.6 Å². The number of halogens is 1. The van der Waals surface area contributed by atoms with Crippen LogP contribution in [0.4, 0.5) is 0 Å². The average Bonchev–Trinajstić information content (AvgIpc) is 3.00. The van der Waals surface area contributed by atoms with Crippen molar-refractivity contribution in [3.63, 3.8) is 0 Å². The summed E-state index contributed by atoms with van der Waals surface area (Å²) in [7, 11) is -2.88. The third kappa shape index (κ3) is 8.53. The van der Waals surface area contributed by atoms with Gasteiger partial charge >= 0.3 is 7.68 Å². The number of benzene rings is 3. The van der Waals surface area contributed by atoms with Gasteiger partial charge in [-0.15, -0.1) is 0 Å². The summed E-state index contributed by atoms with van der Waals surface area (Å²) in [6, 6.07) is 30.1. The lowest BCUT2D eigenvalue weighted by Crippen LogP contribution is -2.43. The zero-order chi connectivity index (χ0) is 28.5. The lowest BCUT2D eigenvalue weighted by Gasteiger charge is -2.45. The van der Waals surface area contributed by atoms with Gasteiger partial charge in [-0.1, -0.05) is 204 Å². The standard InChI is InChI=1S/C36H48BrO2P/c1-2-3-4-5-6-7-8-9-10-11-12-13-14-24-31-35(32-25-18-15-19-26-32,33-27-20-16-21-28-33)36(37,40(38)39)34-29-22-17-23-30-34/h15-23,25-30H,2-14,24,31H2,1H3. The molecule has 3 rings (SSSR count). The van der Waals surface area contributed by atoms with Crippen LogP contribution in [0.15, 0.2) is 91.0 Å². The number of alkyl halides is 1. The highest BCUT2D eigenvalue weighted by Crippen LogP contribution is 2.63. The van der Waals surface area contributed by atoms with E-state index in [0.29, 0.717) is 0 Å². The smallest absolute Gasteiger partial charge is 0.235 e. The van der Waals surface area contributed by atoms with Crippen molar-refractivity contribution in [1.29, 1.82) is 0 Å². The lowest BCUT2D eigenvalue weighted by atomic mass is 9.66. The van der Waals surface area contributed by atoms with E-state index in [1.165, 1.54) is 77.0 Å². The molecule has 0 radical (unpaired) electrons. The van der Waals surface area contributed by atoms with Gasteiger partial charge in [0, 0.05) is 0 Å². The third-order valence-corrected chi connectivity index (χ3v) is 11.6. The molecule has 1 atom stereocenters. The molecule has 0 spiro atoms. The van der Waals surface area contributed by atoms with Crippen LogP contribution in [-0.4, -0.2) is 0 Å². The van der Waals surface area contributed by atoms with E-state index in [2.05, 4.69) is 47.1 Å². The summed E-state index contributed by atoms with van der Waals surface area (Å²) in [5.74, 6) is 0. The number of hydrogen-bond acceptors (Lipinski definition) is 2. The molecule has 0 saturated heterocycles. The van der Waals surface area contributed by atoms with Gasteiger partial charge in [0.1, 0.15) is 0 Å². The van der Waals surface area contributed by atoms with Crippen LogP contribution in [-0.2, 0) is 18.6 Å². The van der Waals surface area contributed by atoms with Gasteiger partial charge in [-0.3, -0.25) is 0 Å². The number of unbranched alkanes of at least 4 members (excludes halogenated alkanes) is 13. The second kappa shape index (κ2) is 17.8. The first-order valence-electron chi connectivity index (χ1n) is 15.6. The maximum atomic E-state index is 13.4. The van der Waals surface area contributed by atoms with Crippen LogP contribution < -0.4 is 0 Å². The Kier molecular flexibility index (Phi) is 14.5. The molecule has 4 heteroatoms. The number of hydrogen-bond donors (Lipinski definition) is 0. The van der Waals surface area contributed by atoms with Crippen molar-refractivity contribution in [2.45, 2.75) is 113 Å². The van der Waals surface area contributed by atoms with Gasteiger partial charge < -0.3 is 0 Å². The van der Waals surface area contributed by atoms with Gasteiger partial charge in [-0.25, -0.2) is 9.13 Å². The summed E-state index contributed by atoms with van der Waals surface area (Å²) in [4.78, 5) is 0. The fourth-order valence-corrected chi connectivity index (χ4v) is 8.16. The molecule has 0 amide bonds. The molecule has 0 N–H and O–H groups in total. The Hall–Kier alpha value is -1.96. The SMILES string of the molecule is CCCCCCCCCCCCCCCCC(c1ccccc1)(c1ccccc1)C(Br)(c1ccccc1)P(=O)=O. The van der Waals surface area contributed by atoms with Crippen LogP contribution in [0.5, 0.6) is 0 Å². The highest BCUT2D eigenvalue weighted by atomic mass is 79.9. The fourth-order valence-electron chi connectivity index (χ4n) is 6.20. The predicted octanol–water partition coefficient (Wildman–Crippen LogP) is 12.3. The Bertz CT molecular complexity index is 1100. The molecule has 0 fully saturated rings. The van der Waals surface area contributed by atoms with E-state index in [1.807, 2.05) is 66.7 Å². The molecule has 0 heterocycles. The second-order valence-electron chi connectivity index (χ2n) is 11.2. The summed E-state index contributed by atoms with van der Waals surface area (Å²) in [5, 5.41) is 0. The third-order valence-electron chi connectivity index (χ3n) is 8.41. The zero-order valence-corrected chi connectivity index (χ0v) is 26.9. The van der Waals surface area contributed by atoms with Crippen molar-refractivity contribution in [2.75, 3.05) is 0 Å². The van der Waals surface area contributed by atoms with Crippen LogP contribution in [0.1, 0.15) is 120 Å². The summed E-state index contributed by atoms with van der Waals surface area (Å²) in [5.41, 5.74) is 2.04. The van der Waals surface area contributed by atoms with Gasteiger partial charge in [0.15, 0.2) is 4.07 Å². The first-order valence-corrected chi connectivity index (χ1v) is 17.5. The quantitative estimate of drug-likeness (QED) is 0.0713. The topological polar surface area (TPSA) is 34.1 Å². The molecule has 0 aliphatic carbocycles. The van der Waals surface area contributed by atoms with E-state index >= 15 is 0 Å². The van der Waals surface area contributed by atoms with Crippen LogP contribution in [0.3, 0.4) is 0 Å². The minimum atomic E-state index is -2.88. The highest BCUT2D eigenvalue weighted by molar-refractivity contribution is 9.10. The van der Waals surface area contributed by atoms with Gasteiger partial charge in [0.25, 0.3) is 0 Å². The van der Waals surface area contributed by atoms with Crippen molar-refractivity contribution in [2.24, 2.45) is 0 Å². The maximum absolute atomic E-state index is 13.4. The molecule has 2 nitrogen and oxygen atoms in total. The second-order valence-corrected chi connectivity index (χ2v) is 14.2. The largest absolute Gasteiger partial charge is 0.338 e. The van der Waals surface area contributed by atoms with E-state index in [-0.39, 0.29) is 0 Å². The maximum Gasteiger partial charge on any atom is 0.338 e.